The Morgan fingerprint density at radius 3 is 1.17 bits per heavy atom. The summed E-state index contributed by atoms with van der Waals surface area (Å²) < 4.78 is 15.8. The van der Waals surface area contributed by atoms with Crippen molar-refractivity contribution < 1.29 is 48.1 Å². The third-order valence-corrected chi connectivity index (χ3v) is 18.1. The molecule has 0 aromatic heterocycles. The third-order valence-electron chi connectivity index (χ3n) is 13.0. The molecule has 0 unspecified atom stereocenters. The van der Waals surface area contributed by atoms with Crippen molar-refractivity contribution in [1.29, 1.82) is 0 Å². The fourth-order valence-corrected chi connectivity index (χ4v) is 13.7. The molecule has 75 heavy (non-hydrogen) atoms. The van der Waals surface area contributed by atoms with Crippen molar-refractivity contribution in [3.05, 3.63) is 0 Å². The largest absolute Gasteiger partial charge is 0.481 e. The second-order valence-corrected chi connectivity index (χ2v) is 28.2. The van der Waals surface area contributed by atoms with Crippen LogP contribution in [0.1, 0.15) is 197 Å². The molecule has 0 aromatic rings. The average molecular weight is 1140 g/mol. The van der Waals surface area contributed by atoms with Crippen LogP contribution in [0.2, 0.25) is 0 Å². The van der Waals surface area contributed by atoms with Crippen molar-refractivity contribution in [3.63, 3.8) is 0 Å². The van der Waals surface area contributed by atoms with Gasteiger partial charge < -0.3 is 57.4 Å². The van der Waals surface area contributed by atoms with Gasteiger partial charge in [0.2, 0.25) is 11.8 Å². The zero-order valence-electron chi connectivity index (χ0n) is 47.5. The summed E-state index contributed by atoms with van der Waals surface area (Å²) in [6, 6.07) is 0. The van der Waals surface area contributed by atoms with E-state index in [4.69, 9.17) is 30.8 Å². The molecule has 0 aromatic carbocycles. The van der Waals surface area contributed by atoms with E-state index >= 15 is 0 Å². The van der Waals surface area contributed by atoms with Crippen molar-refractivity contribution in [3.8, 4) is 0 Å². The molecule has 0 aliphatic heterocycles. The van der Waals surface area contributed by atoms with Crippen molar-refractivity contribution in [2.24, 2.45) is 27.7 Å². The second kappa shape index (κ2) is 39.8. The average Bonchev–Trinajstić information content (AvgIpc) is 3.32. The summed E-state index contributed by atoms with van der Waals surface area (Å²) >= 11 is 3.74. The molecule has 0 heterocycles. The van der Waals surface area contributed by atoms with Gasteiger partial charge in [-0.05, 0) is 160 Å². The molecule has 10 N–H and O–H groups in total. The van der Waals surface area contributed by atoms with Gasteiger partial charge in [-0.25, -0.2) is 14.4 Å². The summed E-state index contributed by atoms with van der Waals surface area (Å²) in [5.74, 6) is 3.64. The van der Waals surface area contributed by atoms with E-state index in [9.17, 15) is 28.8 Å². The van der Waals surface area contributed by atoms with E-state index in [0.29, 0.717) is 45.6 Å². The lowest BCUT2D eigenvalue weighted by molar-refractivity contribution is -0.140. The molecular weight excluding hydrogens is 1030 g/mol. The number of aliphatic carboxylic acids is 1. The third kappa shape index (κ3) is 37.9. The molecular formula is C54H103N7O10S4. The predicted octanol–water partition coefficient (Wildman–Crippen LogP) is 10.8. The van der Waals surface area contributed by atoms with Crippen LogP contribution in [0.3, 0.4) is 0 Å². The number of alkyl carbamates (subject to hydrolysis) is 3. The number of nitrogens with one attached hydrogen (secondary N) is 5. The zero-order chi connectivity index (χ0) is 56.1. The van der Waals surface area contributed by atoms with E-state index in [1.165, 1.54) is 24.3 Å². The quantitative estimate of drug-likeness (QED) is 0.0144. The molecule has 0 radical (unpaired) electrons. The van der Waals surface area contributed by atoms with E-state index < -0.39 is 35.5 Å². The Kier molecular flexibility index (Phi) is 37.5. The molecule has 3 saturated carbocycles. The highest BCUT2D eigenvalue weighted by Gasteiger charge is 2.37. The summed E-state index contributed by atoms with van der Waals surface area (Å²) in [7, 11) is 3.80. The van der Waals surface area contributed by atoms with Crippen LogP contribution in [0, 0.1) is 16.2 Å². The molecule has 0 spiro atoms. The number of rotatable bonds is 30. The summed E-state index contributed by atoms with van der Waals surface area (Å²) in [5, 5.41) is 24.7. The Labute approximate surface area is 469 Å². The maximum Gasteiger partial charge on any atom is 0.407 e. The van der Waals surface area contributed by atoms with Crippen LogP contribution in [0.5, 0.6) is 0 Å². The Bertz CT molecular complexity index is 1590. The minimum Gasteiger partial charge on any atom is -0.481 e. The van der Waals surface area contributed by atoms with Gasteiger partial charge in [0.15, 0.2) is 0 Å². The van der Waals surface area contributed by atoms with E-state index in [2.05, 4.69) is 26.6 Å². The van der Waals surface area contributed by atoms with E-state index in [-0.39, 0.29) is 40.6 Å². The van der Waals surface area contributed by atoms with Crippen LogP contribution >= 0.6 is 45.1 Å². The fraction of sp³-hybridized carbons (Fsp3) is 0.889. The fourth-order valence-electron chi connectivity index (χ4n) is 9.33. The Morgan fingerprint density at radius 2 is 0.853 bits per heavy atom. The number of thioether (sulfide) groups is 2. The van der Waals surface area contributed by atoms with Crippen LogP contribution in [0.15, 0.2) is 0 Å². The van der Waals surface area contributed by atoms with Crippen molar-refractivity contribution in [2.75, 3.05) is 73.9 Å². The topological polar surface area (TPSA) is 263 Å². The Morgan fingerprint density at radius 1 is 0.507 bits per heavy atom. The highest BCUT2D eigenvalue weighted by molar-refractivity contribution is 8.76. The normalized spacial score (nSPS) is 16.8. The van der Waals surface area contributed by atoms with Crippen LogP contribution in [0.25, 0.3) is 0 Å². The van der Waals surface area contributed by atoms with Crippen LogP contribution in [-0.2, 0) is 28.6 Å². The van der Waals surface area contributed by atoms with Gasteiger partial charge in [0.05, 0.1) is 12.5 Å². The standard InChI is InChI=1S/C34H62N4O6S2.C14H25NO4.C6H16N2S2/c1-27(2)43-30(41)37-24-33(14-8-6-9-15-33)22-28(39)35-18-12-20-45-26-46-21-13-19-36-29(40)23-34(16-10-7-11-17-34)25-38-31(42)44-32(3,4)5;1-13(2,3)19-12(18)15-10-14(9-11(16)17)7-5-4-6-8-14;7-3-1-5-9-10-6-2-4-8/h27H,6-26H2,1-5H3,(H,35,39)(H,36,40)(H,37,41)(H,38,42);4-10H2,1-3H3,(H,15,18)(H,16,17);1-8H2. The predicted molar refractivity (Wildman–Crippen MR) is 313 cm³/mol. The number of hydrogen-bond donors (Lipinski definition) is 8. The lowest BCUT2D eigenvalue weighted by atomic mass is 9.71. The van der Waals surface area contributed by atoms with Crippen molar-refractivity contribution in [1.82, 2.24) is 26.6 Å². The lowest BCUT2D eigenvalue weighted by Crippen LogP contribution is -2.44. The minimum absolute atomic E-state index is 0.0635. The minimum atomic E-state index is -0.798. The maximum atomic E-state index is 12.8. The molecule has 0 atom stereocenters. The first-order valence-corrected chi connectivity index (χ1v) is 32.7. The number of carbonyl (C=O) groups excluding carboxylic acids is 5. The van der Waals surface area contributed by atoms with Gasteiger partial charge >= 0.3 is 24.2 Å². The maximum absolute atomic E-state index is 12.8. The molecule has 3 rings (SSSR count). The summed E-state index contributed by atoms with van der Waals surface area (Å²) in [5.41, 5.74) is 8.90. The second-order valence-electron chi connectivity index (χ2n) is 22.9. The summed E-state index contributed by atoms with van der Waals surface area (Å²) in [6.45, 7) is 18.9. The molecule has 3 aliphatic rings. The van der Waals surface area contributed by atoms with Crippen LogP contribution in [0.4, 0.5) is 14.4 Å². The van der Waals surface area contributed by atoms with Gasteiger partial charge in [0.25, 0.3) is 0 Å². The molecule has 438 valence electrons. The molecule has 0 bridgehead atoms. The van der Waals surface area contributed by atoms with Gasteiger partial charge in [-0.1, -0.05) is 79.4 Å². The highest BCUT2D eigenvalue weighted by Crippen LogP contribution is 2.41. The van der Waals surface area contributed by atoms with Gasteiger partial charge in [0, 0.05) is 62.2 Å². The van der Waals surface area contributed by atoms with Crippen LogP contribution < -0.4 is 38.1 Å². The van der Waals surface area contributed by atoms with Crippen molar-refractivity contribution in [2.45, 2.75) is 214 Å². The first kappa shape index (κ1) is 70.6. The number of hydrogen-bond acceptors (Lipinski definition) is 15. The molecule has 3 fully saturated rings. The molecule has 3 aliphatic carbocycles. The Balaban J connectivity index is 0.000000787. The molecule has 0 saturated heterocycles. The first-order chi connectivity index (χ1) is 35.5. The number of nitrogens with two attached hydrogens (primary N) is 2. The molecule has 5 amide bonds. The smallest absolute Gasteiger partial charge is 0.407 e. The van der Waals surface area contributed by atoms with Gasteiger partial charge in [-0.3, -0.25) is 14.4 Å². The van der Waals surface area contributed by atoms with E-state index in [0.717, 1.165) is 139 Å². The summed E-state index contributed by atoms with van der Waals surface area (Å²) in [4.78, 5) is 72.4. The van der Waals surface area contributed by atoms with Gasteiger partial charge in [-0.2, -0.15) is 23.5 Å². The SMILES string of the molecule is CC(C)(C)OC(=O)NCC1(CC(=O)O)CCCCC1.CC(C)OC(=O)NCC1(CC(=O)NCCCSCSCCCNC(=O)CC2(CNC(=O)OC(C)(C)C)CCCCC2)CCCCC1.NCCCSSCCCN. The van der Waals surface area contributed by atoms with Gasteiger partial charge in [-0.15, -0.1) is 0 Å². The number of ether oxygens (including phenoxy) is 3. The first-order valence-electron chi connectivity index (χ1n) is 27.9. The van der Waals surface area contributed by atoms with E-state index in [1.807, 2.05) is 79.7 Å². The molecule has 21 heteroatoms. The van der Waals surface area contributed by atoms with Crippen LogP contribution in [-0.4, -0.2) is 132 Å². The number of amides is 5. The zero-order valence-corrected chi connectivity index (χ0v) is 50.8. The Hall–Kier alpha value is -2.46. The van der Waals surface area contributed by atoms with E-state index in [1.54, 1.807) is 20.8 Å². The van der Waals surface area contributed by atoms with Crippen molar-refractivity contribution >= 4 is 81.2 Å². The highest BCUT2D eigenvalue weighted by atomic mass is 33.1. The number of carboxylic acids is 1. The number of carbonyl (C=O) groups is 6. The van der Waals surface area contributed by atoms with Gasteiger partial charge in [0.1, 0.15) is 11.2 Å². The summed E-state index contributed by atoms with van der Waals surface area (Å²) in [6.07, 6.45) is 19.0. The number of carboxylic acid groups (broad SMARTS) is 1. The monoisotopic (exact) mass is 1140 g/mol. The lowest BCUT2D eigenvalue weighted by Gasteiger charge is -2.37. The molecule has 17 nitrogen and oxygen atoms in total.